The summed E-state index contributed by atoms with van der Waals surface area (Å²) in [6.07, 6.45) is 5.67. The summed E-state index contributed by atoms with van der Waals surface area (Å²) in [6.45, 7) is 5.80. The van der Waals surface area contributed by atoms with Crippen LogP contribution in [0.15, 0.2) is 12.1 Å². The van der Waals surface area contributed by atoms with E-state index in [-0.39, 0.29) is 24.2 Å². The summed E-state index contributed by atoms with van der Waals surface area (Å²) in [5.41, 5.74) is 3.52. The zero-order valence-electron chi connectivity index (χ0n) is 16.2. The number of nitrogens with zero attached hydrogens (tertiary/aromatic N) is 3. The van der Waals surface area contributed by atoms with Gasteiger partial charge in [-0.1, -0.05) is 36.7 Å². The Morgan fingerprint density at radius 1 is 1.15 bits per heavy atom. The van der Waals surface area contributed by atoms with Crippen molar-refractivity contribution in [3.63, 3.8) is 0 Å². The Morgan fingerprint density at radius 2 is 1.85 bits per heavy atom. The fourth-order valence-corrected chi connectivity index (χ4v) is 4.56. The number of carbonyl (C=O) groups excluding carboxylic acids is 1. The lowest BCUT2D eigenvalue weighted by Gasteiger charge is -2.28. The SMILES string of the molecule is Cc1ccc2sc(N(CCN(C)C)C(=O)C3CCCCC3)nc2c1C.Cl. The fourth-order valence-electron chi connectivity index (χ4n) is 3.50. The molecule has 1 aromatic carbocycles. The number of benzene rings is 1. The fraction of sp³-hybridized carbons (Fsp3) is 0.600. The summed E-state index contributed by atoms with van der Waals surface area (Å²) >= 11 is 1.65. The lowest BCUT2D eigenvalue weighted by atomic mass is 9.88. The van der Waals surface area contributed by atoms with Gasteiger partial charge in [-0.2, -0.15) is 0 Å². The van der Waals surface area contributed by atoms with Crippen LogP contribution in [0, 0.1) is 19.8 Å². The first kappa shape index (κ1) is 21.1. The van der Waals surface area contributed by atoms with Gasteiger partial charge in [0, 0.05) is 19.0 Å². The maximum absolute atomic E-state index is 13.2. The molecule has 0 radical (unpaired) electrons. The molecule has 26 heavy (non-hydrogen) atoms. The maximum Gasteiger partial charge on any atom is 0.231 e. The lowest BCUT2D eigenvalue weighted by molar-refractivity contribution is -0.123. The minimum absolute atomic E-state index is 0. The number of aryl methyl sites for hydroxylation is 2. The van der Waals surface area contributed by atoms with Gasteiger partial charge in [0.2, 0.25) is 5.91 Å². The second kappa shape index (κ2) is 9.16. The molecule has 0 N–H and O–H groups in total. The van der Waals surface area contributed by atoms with Crippen molar-refractivity contribution in [1.29, 1.82) is 0 Å². The number of halogens is 1. The summed E-state index contributed by atoms with van der Waals surface area (Å²) in [5, 5.41) is 0.862. The van der Waals surface area contributed by atoms with Crippen molar-refractivity contribution in [2.75, 3.05) is 32.1 Å². The normalized spacial score (nSPS) is 15.3. The smallest absolute Gasteiger partial charge is 0.231 e. The molecule has 1 amide bonds. The van der Waals surface area contributed by atoms with E-state index in [0.29, 0.717) is 6.54 Å². The van der Waals surface area contributed by atoms with Gasteiger partial charge in [-0.15, -0.1) is 12.4 Å². The molecule has 0 aliphatic heterocycles. The van der Waals surface area contributed by atoms with Gasteiger partial charge >= 0.3 is 0 Å². The van der Waals surface area contributed by atoms with Gasteiger partial charge in [-0.25, -0.2) is 4.98 Å². The Balaban J connectivity index is 0.00000243. The first-order valence-electron chi connectivity index (χ1n) is 9.30. The van der Waals surface area contributed by atoms with Crippen LogP contribution in [0.5, 0.6) is 0 Å². The molecule has 3 rings (SSSR count). The highest BCUT2D eigenvalue weighted by atomic mass is 35.5. The number of rotatable bonds is 5. The topological polar surface area (TPSA) is 36.4 Å². The van der Waals surface area contributed by atoms with Gasteiger partial charge in [0.15, 0.2) is 5.13 Å². The minimum Gasteiger partial charge on any atom is -0.308 e. The Bertz CT molecular complexity index is 753. The molecular formula is C20H30ClN3OS. The number of carbonyl (C=O) groups is 1. The predicted octanol–water partition coefficient (Wildman–Crippen LogP) is 4.81. The first-order chi connectivity index (χ1) is 12.0. The van der Waals surface area contributed by atoms with Crippen molar-refractivity contribution in [2.24, 2.45) is 5.92 Å². The molecule has 144 valence electrons. The Kier molecular flexibility index (Phi) is 7.44. The quantitative estimate of drug-likeness (QED) is 0.728. The van der Waals surface area contributed by atoms with E-state index in [1.54, 1.807) is 11.3 Å². The third-order valence-corrected chi connectivity index (χ3v) is 6.34. The zero-order chi connectivity index (χ0) is 18.0. The van der Waals surface area contributed by atoms with Gasteiger partial charge in [-0.05, 0) is 58.0 Å². The van der Waals surface area contributed by atoms with Crippen LogP contribution in [0.25, 0.3) is 10.2 Å². The third-order valence-electron chi connectivity index (χ3n) is 5.30. The molecule has 0 saturated heterocycles. The Morgan fingerprint density at radius 3 is 2.50 bits per heavy atom. The van der Waals surface area contributed by atoms with Gasteiger partial charge in [0.05, 0.1) is 10.2 Å². The van der Waals surface area contributed by atoms with Crippen molar-refractivity contribution in [1.82, 2.24) is 9.88 Å². The summed E-state index contributed by atoms with van der Waals surface area (Å²) in [4.78, 5) is 22.2. The molecule has 1 aliphatic rings. The van der Waals surface area contributed by atoms with Gasteiger partial charge in [0.1, 0.15) is 0 Å². The molecule has 1 fully saturated rings. The van der Waals surface area contributed by atoms with Crippen LogP contribution >= 0.6 is 23.7 Å². The molecule has 4 nitrogen and oxygen atoms in total. The lowest BCUT2D eigenvalue weighted by Crippen LogP contribution is -2.41. The number of thiazole rings is 1. The second-order valence-electron chi connectivity index (χ2n) is 7.48. The van der Waals surface area contributed by atoms with Crippen LogP contribution in [-0.2, 0) is 4.79 Å². The molecule has 0 atom stereocenters. The molecule has 1 aromatic heterocycles. The molecular weight excluding hydrogens is 366 g/mol. The van der Waals surface area contributed by atoms with Gasteiger partial charge < -0.3 is 4.90 Å². The van der Waals surface area contributed by atoms with Crippen LogP contribution in [0.1, 0.15) is 43.2 Å². The summed E-state index contributed by atoms with van der Waals surface area (Å²) < 4.78 is 1.17. The molecule has 1 saturated carbocycles. The van der Waals surface area contributed by atoms with Crippen LogP contribution in [0.4, 0.5) is 5.13 Å². The largest absolute Gasteiger partial charge is 0.308 e. The van der Waals surface area contributed by atoms with Gasteiger partial charge in [0.25, 0.3) is 0 Å². The van der Waals surface area contributed by atoms with Crippen LogP contribution < -0.4 is 4.90 Å². The van der Waals surface area contributed by atoms with E-state index in [4.69, 9.17) is 4.98 Å². The van der Waals surface area contributed by atoms with E-state index in [1.807, 2.05) is 4.90 Å². The average Bonchev–Trinajstić information content (AvgIpc) is 3.03. The molecule has 2 aromatic rings. The predicted molar refractivity (Wildman–Crippen MR) is 114 cm³/mol. The number of amides is 1. The summed E-state index contributed by atoms with van der Waals surface area (Å²) in [6, 6.07) is 4.28. The Hall–Kier alpha value is -1.17. The third kappa shape index (κ3) is 4.56. The molecule has 0 unspecified atom stereocenters. The van der Waals surface area contributed by atoms with E-state index >= 15 is 0 Å². The summed E-state index contributed by atoms with van der Waals surface area (Å²) in [7, 11) is 4.10. The zero-order valence-corrected chi connectivity index (χ0v) is 17.9. The van der Waals surface area contributed by atoms with E-state index in [9.17, 15) is 4.79 Å². The number of hydrogen-bond donors (Lipinski definition) is 0. The number of anilines is 1. The van der Waals surface area contributed by atoms with E-state index in [2.05, 4.69) is 45.0 Å². The van der Waals surface area contributed by atoms with Crippen LogP contribution in [0.3, 0.4) is 0 Å². The van der Waals surface area contributed by atoms with Crippen molar-refractivity contribution >= 4 is 45.0 Å². The highest BCUT2D eigenvalue weighted by Crippen LogP contribution is 2.34. The van der Waals surface area contributed by atoms with E-state index in [1.165, 1.54) is 35.1 Å². The van der Waals surface area contributed by atoms with Crippen molar-refractivity contribution in [3.05, 3.63) is 23.3 Å². The number of hydrogen-bond acceptors (Lipinski definition) is 4. The number of fused-ring (bicyclic) bond motifs is 1. The number of likely N-dealkylation sites (N-methyl/N-ethyl adjacent to an activating group) is 1. The highest BCUT2D eigenvalue weighted by molar-refractivity contribution is 7.22. The van der Waals surface area contributed by atoms with Crippen LogP contribution in [-0.4, -0.2) is 43.0 Å². The van der Waals surface area contributed by atoms with Crippen molar-refractivity contribution in [3.8, 4) is 0 Å². The average molecular weight is 396 g/mol. The highest BCUT2D eigenvalue weighted by Gasteiger charge is 2.28. The first-order valence-corrected chi connectivity index (χ1v) is 10.1. The van der Waals surface area contributed by atoms with Crippen LogP contribution in [0.2, 0.25) is 0 Å². The molecule has 0 spiro atoms. The monoisotopic (exact) mass is 395 g/mol. The molecule has 6 heteroatoms. The van der Waals surface area contributed by atoms with E-state index < -0.39 is 0 Å². The number of aromatic nitrogens is 1. The minimum atomic E-state index is 0. The van der Waals surface area contributed by atoms with Crippen molar-refractivity contribution in [2.45, 2.75) is 46.0 Å². The second-order valence-corrected chi connectivity index (χ2v) is 8.49. The maximum atomic E-state index is 13.2. The van der Waals surface area contributed by atoms with Gasteiger partial charge in [-0.3, -0.25) is 9.69 Å². The molecule has 1 heterocycles. The van der Waals surface area contributed by atoms with E-state index in [0.717, 1.165) is 30.0 Å². The summed E-state index contributed by atoms with van der Waals surface area (Å²) in [5.74, 6) is 0.445. The standard InChI is InChI=1S/C20H29N3OS.ClH/c1-14-10-11-17-18(15(14)2)21-20(25-17)23(13-12-22(3)4)19(24)16-8-6-5-7-9-16;/h10-11,16H,5-9,12-13H2,1-4H3;1H. The molecule has 0 bridgehead atoms. The molecule has 1 aliphatic carbocycles. The van der Waals surface area contributed by atoms with Crippen molar-refractivity contribution < 1.29 is 4.79 Å². The Labute approximate surface area is 167 Å².